The molecule has 1 fully saturated rings. The number of likely N-dealkylation sites (tertiary alicyclic amines) is 1. The Kier molecular flexibility index (Phi) is 4.77. The molecule has 2 aromatic rings. The van der Waals surface area contributed by atoms with Crippen LogP contribution in [-0.2, 0) is 6.54 Å². The first kappa shape index (κ1) is 15.8. The number of β-amino-alcohol motifs (C(OH)–C–C–N with tert-alkyl or cyclic N) is 1. The molecule has 2 heterocycles. The van der Waals surface area contributed by atoms with Crippen LogP contribution in [0.25, 0.3) is 11.3 Å². The minimum atomic E-state index is -0.498. The second-order valence-electron chi connectivity index (χ2n) is 5.96. The number of furan rings is 1. The van der Waals surface area contributed by atoms with Gasteiger partial charge in [-0.1, -0.05) is 12.1 Å². The largest absolute Gasteiger partial charge is 0.460 e. The first-order valence-corrected chi connectivity index (χ1v) is 7.80. The first-order chi connectivity index (χ1) is 11.2. The lowest BCUT2D eigenvalue weighted by Crippen LogP contribution is -2.44. The van der Waals surface area contributed by atoms with E-state index >= 15 is 0 Å². The van der Waals surface area contributed by atoms with Crippen LogP contribution in [0.2, 0.25) is 0 Å². The second-order valence-corrected chi connectivity index (χ2v) is 5.96. The average Bonchev–Trinajstić information content (AvgIpc) is 3.03. The second kappa shape index (κ2) is 6.97. The summed E-state index contributed by atoms with van der Waals surface area (Å²) in [5.74, 6) is 1.46. The Bertz CT molecular complexity index is 704. The topological polar surface area (TPSA) is 80.6 Å². The normalized spacial score (nSPS) is 22.0. The third kappa shape index (κ3) is 3.45. The molecular formula is C18H20N2O3. The van der Waals surface area contributed by atoms with Crippen molar-refractivity contribution in [3.05, 3.63) is 47.7 Å². The Morgan fingerprint density at radius 1 is 1.26 bits per heavy atom. The smallest absolute Gasteiger partial charge is 0.135 e. The van der Waals surface area contributed by atoms with E-state index in [1.165, 1.54) is 0 Å². The molecule has 2 N–H and O–H groups in total. The highest BCUT2D eigenvalue weighted by Crippen LogP contribution is 2.27. The Hall–Kier alpha value is -2.13. The van der Waals surface area contributed by atoms with Crippen molar-refractivity contribution in [2.24, 2.45) is 5.92 Å². The van der Waals surface area contributed by atoms with Gasteiger partial charge in [0.25, 0.3) is 0 Å². The molecule has 3 rings (SSSR count). The Balaban J connectivity index is 1.70. The number of rotatable bonds is 4. The number of piperidine rings is 1. The van der Waals surface area contributed by atoms with E-state index < -0.39 is 6.10 Å². The summed E-state index contributed by atoms with van der Waals surface area (Å²) >= 11 is 0. The van der Waals surface area contributed by atoms with Crippen molar-refractivity contribution in [1.29, 1.82) is 5.26 Å². The Morgan fingerprint density at radius 3 is 2.83 bits per heavy atom. The van der Waals surface area contributed by atoms with Gasteiger partial charge >= 0.3 is 0 Å². The highest BCUT2D eigenvalue weighted by Gasteiger charge is 2.27. The summed E-state index contributed by atoms with van der Waals surface area (Å²) < 4.78 is 5.88. The van der Waals surface area contributed by atoms with Gasteiger partial charge in [-0.05, 0) is 37.2 Å². The quantitative estimate of drug-likeness (QED) is 0.902. The number of hydrogen-bond donors (Lipinski definition) is 2. The number of benzene rings is 1. The molecule has 5 heteroatoms. The van der Waals surface area contributed by atoms with E-state index in [0.717, 1.165) is 24.3 Å². The summed E-state index contributed by atoms with van der Waals surface area (Å²) in [5, 5.41) is 28.4. The maximum absolute atomic E-state index is 10.0. The van der Waals surface area contributed by atoms with E-state index in [2.05, 4.69) is 11.0 Å². The molecule has 0 radical (unpaired) electrons. The van der Waals surface area contributed by atoms with Gasteiger partial charge in [-0.15, -0.1) is 0 Å². The molecule has 0 saturated carbocycles. The van der Waals surface area contributed by atoms with Crippen LogP contribution in [0.3, 0.4) is 0 Å². The van der Waals surface area contributed by atoms with Crippen LogP contribution in [0.15, 0.2) is 40.8 Å². The van der Waals surface area contributed by atoms with Gasteiger partial charge in [-0.25, -0.2) is 0 Å². The van der Waals surface area contributed by atoms with Crippen molar-refractivity contribution in [1.82, 2.24) is 4.90 Å². The van der Waals surface area contributed by atoms with E-state index in [0.29, 0.717) is 24.4 Å². The van der Waals surface area contributed by atoms with Crippen molar-refractivity contribution in [3.63, 3.8) is 0 Å². The summed E-state index contributed by atoms with van der Waals surface area (Å²) in [7, 11) is 0. The van der Waals surface area contributed by atoms with Crippen LogP contribution in [0.4, 0.5) is 0 Å². The number of aliphatic hydroxyl groups is 2. The zero-order valence-electron chi connectivity index (χ0n) is 12.9. The molecule has 1 aromatic carbocycles. The fraction of sp³-hybridized carbons (Fsp3) is 0.389. The summed E-state index contributed by atoms with van der Waals surface area (Å²) in [5.41, 5.74) is 1.38. The third-order valence-electron chi connectivity index (χ3n) is 4.39. The molecule has 0 amide bonds. The SMILES string of the molecule is N#Cc1ccccc1-c1ccc(CN2CC[C@H](CO)[C@@H](O)C2)o1. The van der Waals surface area contributed by atoms with E-state index in [4.69, 9.17) is 4.42 Å². The number of nitriles is 1. The van der Waals surface area contributed by atoms with E-state index in [1.807, 2.05) is 30.3 Å². The number of nitrogens with zero attached hydrogens (tertiary/aromatic N) is 2. The molecular weight excluding hydrogens is 292 g/mol. The fourth-order valence-electron chi connectivity index (χ4n) is 3.03. The predicted molar refractivity (Wildman–Crippen MR) is 85.3 cm³/mol. The van der Waals surface area contributed by atoms with Gasteiger partial charge in [0, 0.05) is 24.6 Å². The Labute approximate surface area is 135 Å². The van der Waals surface area contributed by atoms with E-state index in [9.17, 15) is 15.5 Å². The van der Waals surface area contributed by atoms with Crippen molar-refractivity contribution in [3.8, 4) is 17.4 Å². The highest BCUT2D eigenvalue weighted by atomic mass is 16.3. The molecule has 0 unspecified atom stereocenters. The summed E-state index contributed by atoms with van der Waals surface area (Å²) in [6, 6.07) is 13.3. The lowest BCUT2D eigenvalue weighted by atomic mass is 9.95. The molecule has 120 valence electrons. The number of aliphatic hydroxyl groups excluding tert-OH is 2. The first-order valence-electron chi connectivity index (χ1n) is 7.80. The van der Waals surface area contributed by atoms with Crippen LogP contribution < -0.4 is 0 Å². The predicted octanol–water partition coefficient (Wildman–Crippen LogP) is 1.99. The van der Waals surface area contributed by atoms with Gasteiger partial charge in [0.1, 0.15) is 11.5 Å². The monoisotopic (exact) mass is 312 g/mol. The van der Waals surface area contributed by atoms with Gasteiger partial charge in [-0.3, -0.25) is 4.90 Å². The van der Waals surface area contributed by atoms with Gasteiger partial charge in [0.05, 0.1) is 24.3 Å². The van der Waals surface area contributed by atoms with Crippen LogP contribution in [-0.4, -0.2) is 40.9 Å². The van der Waals surface area contributed by atoms with Crippen molar-refractivity contribution < 1.29 is 14.6 Å². The molecule has 0 aliphatic carbocycles. The number of hydrogen-bond acceptors (Lipinski definition) is 5. The molecule has 1 saturated heterocycles. The van der Waals surface area contributed by atoms with Gasteiger partial charge in [0.2, 0.25) is 0 Å². The van der Waals surface area contributed by atoms with Crippen LogP contribution >= 0.6 is 0 Å². The molecule has 1 aromatic heterocycles. The summed E-state index contributed by atoms with van der Waals surface area (Å²) in [4.78, 5) is 2.12. The van der Waals surface area contributed by atoms with Crippen LogP contribution in [0, 0.1) is 17.2 Å². The maximum atomic E-state index is 10.0. The van der Waals surface area contributed by atoms with Crippen molar-refractivity contribution >= 4 is 0 Å². The van der Waals surface area contributed by atoms with E-state index in [1.54, 1.807) is 6.07 Å². The Morgan fingerprint density at radius 2 is 2.09 bits per heavy atom. The van der Waals surface area contributed by atoms with Gasteiger partial charge in [0.15, 0.2) is 0 Å². The molecule has 0 spiro atoms. The lowest BCUT2D eigenvalue weighted by Gasteiger charge is -2.34. The van der Waals surface area contributed by atoms with Crippen molar-refractivity contribution in [2.75, 3.05) is 19.7 Å². The molecule has 1 aliphatic heterocycles. The van der Waals surface area contributed by atoms with Crippen LogP contribution in [0.5, 0.6) is 0 Å². The highest BCUT2D eigenvalue weighted by molar-refractivity contribution is 5.66. The minimum absolute atomic E-state index is 0.0269. The van der Waals surface area contributed by atoms with Crippen LogP contribution in [0.1, 0.15) is 17.7 Å². The zero-order chi connectivity index (χ0) is 16.2. The molecule has 1 aliphatic rings. The molecule has 5 nitrogen and oxygen atoms in total. The molecule has 23 heavy (non-hydrogen) atoms. The standard InChI is InChI=1S/C18H20N2O3/c19-9-13-3-1-2-4-16(13)18-6-5-15(23-18)10-20-8-7-14(12-21)17(22)11-20/h1-6,14,17,21-22H,7-8,10-12H2/t14-,17+/m1/s1. The zero-order valence-corrected chi connectivity index (χ0v) is 12.9. The summed E-state index contributed by atoms with van der Waals surface area (Å²) in [6.07, 6.45) is 0.283. The minimum Gasteiger partial charge on any atom is -0.460 e. The summed E-state index contributed by atoms with van der Waals surface area (Å²) in [6.45, 7) is 2.01. The average molecular weight is 312 g/mol. The van der Waals surface area contributed by atoms with Gasteiger partial charge < -0.3 is 14.6 Å². The lowest BCUT2D eigenvalue weighted by molar-refractivity contribution is -0.00615. The van der Waals surface area contributed by atoms with E-state index in [-0.39, 0.29) is 12.5 Å². The molecule has 2 atom stereocenters. The molecule has 0 bridgehead atoms. The fourth-order valence-corrected chi connectivity index (χ4v) is 3.03. The van der Waals surface area contributed by atoms with Gasteiger partial charge in [-0.2, -0.15) is 5.26 Å². The maximum Gasteiger partial charge on any atom is 0.135 e. The van der Waals surface area contributed by atoms with Crippen molar-refractivity contribution in [2.45, 2.75) is 19.1 Å². The third-order valence-corrected chi connectivity index (χ3v) is 4.39.